The number of amides is 1. The molecule has 0 bridgehead atoms. The molecule has 0 aliphatic carbocycles. The number of sulfone groups is 1. The van der Waals surface area contributed by atoms with E-state index in [4.69, 9.17) is 27.1 Å². The summed E-state index contributed by atoms with van der Waals surface area (Å²) >= 11 is 6.23. The number of halogens is 1. The maximum atomic E-state index is 13.4. The number of fused-ring (bicyclic) bond motifs is 1. The van der Waals surface area contributed by atoms with Gasteiger partial charge in [0.25, 0.3) is 5.91 Å². The molecule has 2 aromatic carbocycles. The van der Waals surface area contributed by atoms with Gasteiger partial charge in [-0.1, -0.05) is 37.2 Å². The molecule has 11 nitrogen and oxygen atoms in total. The fourth-order valence-corrected chi connectivity index (χ4v) is 5.66. The Bertz CT molecular complexity index is 1750. The van der Waals surface area contributed by atoms with Crippen LogP contribution in [0, 0.1) is 6.92 Å². The highest BCUT2D eigenvalue weighted by molar-refractivity contribution is 7.91. The summed E-state index contributed by atoms with van der Waals surface area (Å²) in [6.45, 7) is 8.21. The van der Waals surface area contributed by atoms with Crippen molar-refractivity contribution < 1.29 is 32.1 Å². The van der Waals surface area contributed by atoms with Gasteiger partial charge in [-0.25, -0.2) is 13.0 Å². The van der Waals surface area contributed by atoms with Gasteiger partial charge in [0.15, 0.2) is 9.84 Å². The maximum absolute atomic E-state index is 13.4. The Labute approximate surface area is 243 Å². The summed E-state index contributed by atoms with van der Waals surface area (Å²) in [6, 6.07) is 8.26. The summed E-state index contributed by atoms with van der Waals surface area (Å²) in [5.74, 6) is -0.412. The average Bonchev–Trinajstić information content (AvgIpc) is 3.24. The Morgan fingerprint density at radius 1 is 1.29 bits per heavy atom. The van der Waals surface area contributed by atoms with Crippen molar-refractivity contribution in [2.45, 2.75) is 18.7 Å². The van der Waals surface area contributed by atoms with Gasteiger partial charge in [-0.2, -0.15) is 0 Å². The van der Waals surface area contributed by atoms with Gasteiger partial charge in [0.05, 0.1) is 27.8 Å². The van der Waals surface area contributed by atoms with Gasteiger partial charge in [-0.05, 0) is 54.9 Å². The van der Waals surface area contributed by atoms with E-state index in [1.165, 1.54) is 12.3 Å². The van der Waals surface area contributed by atoms with Crippen LogP contribution in [-0.2, 0) is 18.9 Å². The van der Waals surface area contributed by atoms with Crippen LogP contribution in [0.25, 0.3) is 34.7 Å². The van der Waals surface area contributed by atoms with Crippen LogP contribution in [0.1, 0.15) is 22.8 Å². The molecule has 0 radical (unpaired) electrons. The number of nitrogens with two attached hydrogens (primary N) is 1. The van der Waals surface area contributed by atoms with Crippen LogP contribution >= 0.6 is 19.4 Å². The third-order valence-corrected chi connectivity index (χ3v) is 9.03. The summed E-state index contributed by atoms with van der Waals surface area (Å²) in [7, 11) is -6.30. The number of aryl methyl sites for hydroxylation is 1. The second-order valence-electron chi connectivity index (χ2n) is 9.37. The third-order valence-electron chi connectivity index (χ3n) is 6.54. The lowest BCUT2D eigenvalue weighted by atomic mass is 9.94. The van der Waals surface area contributed by atoms with Crippen molar-refractivity contribution in [1.29, 1.82) is 0 Å². The molecule has 0 unspecified atom stereocenters. The molecule has 0 saturated heterocycles. The summed E-state index contributed by atoms with van der Waals surface area (Å²) < 4.78 is 40.6. The molecule has 3 aromatic rings. The van der Waals surface area contributed by atoms with E-state index < -0.39 is 17.7 Å². The molecule has 0 atom stereocenters. The first-order chi connectivity index (χ1) is 19.2. The lowest BCUT2D eigenvalue weighted by Crippen LogP contribution is -2.34. The minimum Gasteiger partial charge on any atom is -0.403 e. The first-order valence-corrected chi connectivity index (χ1v) is 16.2. The van der Waals surface area contributed by atoms with Crippen LogP contribution in [0.2, 0.25) is 0 Å². The zero-order chi connectivity index (χ0) is 30.5. The number of carbonyl (C=O) groups excluding carboxylic acids is 1. The fraction of sp³-hybridized carbons (Fsp3) is 0.296. The molecule has 3 rings (SSSR count). The fourth-order valence-electron chi connectivity index (χ4n) is 4.30. The van der Waals surface area contributed by atoms with Gasteiger partial charge in [0.2, 0.25) is 0 Å². The number of hydrogen-bond acceptors (Lipinski definition) is 7. The SMILES string of the molecule is C=c1[nH]c2c(C)c(C(=O)NCCN(C)CCOP(=O)(O)O)cc(-c3cccc(S(=O)(=O)CC)c3)c2/c1=C/C(Cl)=C\N. The molecule has 0 aliphatic rings. The largest absolute Gasteiger partial charge is 0.469 e. The Kier molecular flexibility index (Phi) is 10.6. The van der Waals surface area contributed by atoms with Crippen LogP contribution in [0.5, 0.6) is 0 Å². The molecule has 1 amide bonds. The minimum absolute atomic E-state index is 0.0591. The van der Waals surface area contributed by atoms with Gasteiger partial charge in [-0.15, -0.1) is 0 Å². The van der Waals surface area contributed by atoms with E-state index in [0.717, 1.165) is 0 Å². The molecule has 6 N–H and O–H groups in total. The lowest BCUT2D eigenvalue weighted by molar-refractivity contribution is 0.0948. The number of aromatic nitrogens is 1. The number of hydrogen-bond donors (Lipinski definition) is 5. The number of benzene rings is 2. The van der Waals surface area contributed by atoms with Gasteiger partial charge in [-0.3, -0.25) is 9.32 Å². The third kappa shape index (κ3) is 8.08. The number of nitrogens with zero attached hydrogens (tertiary/aromatic N) is 1. The Hall–Kier alpha value is -2.96. The molecule has 222 valence electrons. The molecule has 41 heavy (non-hydrogen) atoms. The monoisotopic (exact) mass is 624 g/mol. The summed E-state index contributed by atoms with van der Waals surface area (Å²) in [5, 5.41) is 5.05. The van der Waals surface area contributed by atoms with Crippen LogP contribution in [0.4, 0.5) is 0 Å². The summed E-state index contributed by atoms with van der Waals surface area (Å²) in [5.41, 5.74) is 8.46. The summed E-state index contributed by atoms with van der Waals surface area (Å²) in [4.78, 5) is 36.2. The number of allylic oxidation sites excluding steroid dienone is 1. The highest BCUT2D eigenvalue weighted by Gasteiger charge is 2.20. The minimum atomic E-state index is -4.54. The molecule has 14 heteroatoms. The quantitative estimate of drug-likeness (QED) is 0.189. The highest BCUT2D eigenvalue weighted by Crippen LogP contribution is 2.35. The molecule has 0 saturated carbocycles. The number of phosphoric acid groups is 1. The van der Waals surface area contributed by atoms with Crippen molar-refractivity contribution in [3.8, 4) is 11.1 Å². The van der Waals surface area contributed by atoms with Crippen molar-refractivity contribution in [2.75, 3.05) is 39.0 Å². The number of rotatable bonds is 12. The van der Waals surface area contributed by atoms with E-state index in [1.54, 1.807) is 56.1 Å². The van der Waals surface area contributed by atoms with E-state index in [-0.39, 0.29) is 41.3 Å². The number of carbonyl (C=O) groups is 1. The van der Waals surface area contributed by atoms with Gasteiger partial charge in [0, 0.05) is 47.4 Å². The molecule has 0 aliphatic heterocycles. The predicted molar refractivity (Wildman–Crippen MR) is 161 cm³/mol. The Morgan fingerprint density at radius 2 is 2.00 bits per heavy atom. The van der Waals surface area contributed by atoms with Crippen LogP contribution in [0.15, 0.2) is 46.5 Å². The van der Waals surface area contributed by atoms with E-state index in [9.17, 15) is 17.8 Å². The van der Waals surface area contributed by atoms with Crippen molar-refractivity contribution in [3.05, 3.63) is 63.3 Å². The molecule has 1 aromatic heterocycles. The van der Waals surface area contributed by atoms with E-state index >= 15 is 0 Å². The standard InChI is InChI=1S/C27H34ClN4O7PS/c1-5-41(37,38)21-8-6-7-19(13-21)24-15-22(27(33)30-9-10-32(4)11-12-39-40(34,35)36)17(2)26-25(24)23(18(3)31-26)14-20(28)16-29/h6-8,13-16,31H,3,5,9-12,29H2,1-2,4H3,(H,30,33)(H2,34,35,36)/b20-16+,23-14+. The average molecular weight is 625 g/mol. The molecule has 0 spiro atoms. The topological polar surface area (TPSA) is 175 Å². The number of phosphoric ester groups is 1. The Morgan fingerprint density at radius 3 is 2.63 bits per heavy atom. The first-order valence-electron chi connectivity index (χ1n) is 12.6. The molecule has 1 heterocycles. The summed E-state index contributed by atoms with van der Waals surface area (Å²) in [6.07, 6.45) is 2.90. The molecular weight excluding hydrogens is 591 g/mol. The van der Waals surface area contributed by atoms with E-state index in [1.807, 2.05) is 0 Å². The number of likely N-dealkylation sites (N-methyl/N-ethyl adjacent to an activating group) is 1. The smallest absolute Gasteiger partial charge is 0.403 e. The van der Waals surface area contributed by atoms with Gasteiger partial charge >= 0.3 is 7.82 Å². The van der Waals surface area contributed by atoms with Crippen LogP contribution in [0.3, 0.4) is 0 Å². The van der Waals surface area contributed by atoms with Crippen molar-refractivity contribution in [2.24, 2.45) is 5.73 Å². The van der Waals surface area contributed by atoms with Crippen LogP contribution in [-0.4, -0.2) is 73.0 Å². The first kappa shape index (κ1) is 32.6. The van der Waals surface area contributed by atoms with Gasteiger partial charge in [0.1, 0.15) is 0 Å². The molecular formula is C27H34ClN4O7PS. The second-order valence-corrected chi connectivity index (χ2v) is 13.3. The predicted octanol–water partition coefficient (Wildman–Crippen LogP) is 1.94. The Balaban J connectivity index is 2.06. The zero-order valence-electron chi connectivity index (χ0n) is 23.0. The van der Waals surface area contributed by atoms with Crippen molar-refractivity contribution in [1.82, 2.24) is 15.2 Å². The number of H-pyrrole nitrogens is 1. The van der Waals surface area contributed by atoms with Gasteiger partial charge < -0.3 is 30.7 Å². The second kappa shape index (κ2) is 13.3. The normalized spacial score (nSPS) is 13.3. The van der Waals surface area contributed by atoms with Crippen molar-refractivity contribution in [3.63, 3.8) is 0 Å². The van der Waals surface area contributed by atoms with E-state index in [2.05, 4.69) is 21.4 Å². The van der Waals surface area contributed by atoms with E-state index in [0.29, 0.717) is 50.3 Å². The zero-order valence-corrected chi connectivity index (χ0v) is 25.4. The van der Waals surface area contributed by atoms with Crippen LogP contribution < -0.4 is 21.6 Å². The number of aromatic amines is 1. The number of nitrogens with one attached hydrogen (secondary N) is 2. The highest BCUT2D eigenvalue weighted by atomic mass is 35.5. The van der Waals surface area contributed by atoms with Crippen molar-refractivity contribution >= 4 is 58.7 Å². The molecule has 0 fully saturated rings. The maximum Gasteiger partial charge on any atom is 0.469 e. The lowest BCUT2D eigenvalue weighted by Gasteiger charge is -2.18.